The first-order valence-corrected chi connectivity index (χ1v) is 6.25. The molecule has 7 heavy (non-hydrogen) atoms. The number of allylic oxidation sites excluding steroid dienone is 1. The maximum atomic E-state index is 5.07. The standard InChI is InChI=1S/C4H6PS2/c6-5-3-1-2-4-7-5/h1-2H,3-4H2/q+1. The number of rotatable bonds is 0. The van der Waals surface area contributed by atoms with Crippen LogP contribution in [0.4, 0.5) is 0 Å². The maximum absolute atomic E-state index is 5.07. The average molecular weight is 149 g/mol. The van der Waals surface area contributed by atoms with Crippen molar-refractivity contribution in [3.8, 4) is 0 Å². The Bertz CT molecular complexity index is 108. The fraction of sp³-hybridized carbons (Fsp3) is 0.500. The van der Waals surface area contributed by atoms with E-state index in [1.807, 2.05) is 11.4 Å². The molecule has 0 aliphatic carbocycles. The molecule has 0 nitrogen and oxygen atoms in total. The van der Waals surface area contributed by atoms with Crippen molar-refractivity contribution in [3.63, 3.8) is 0 Å². The van der Waals surface area contributed by atoms with Crippen molar-refractivity contribution in [2.45, 2.75) is 0 Å². The Morgan fingerprint density at radius 2 is 2.43 bits per heavy atom. The predicted molar refractivity (Wildman–Crippen MR) is 40.8 cm³/mol. The van der Waals surface area contributed by atoms with Gasteiger partial charge in [-0.1, -0.05) is 6.08 Å². The number of hydrogen-bond donors (Lipinski definition) is 0. The van der Waals surface area contributed by atoms with Crippen LogP contribution in [-0.4, -0.2) is 11.9 Å². The highest BCUT2D eigenvalue weighted by Crippen LogP contribution is 2.40. The minimum atomic E-state index is -0.0784. The summed E-state index contributed by atoms with van der Waals surface area (Å²) in [5.41, 5.74) is 0. The molecule has 1 unspecified atom stereocenters. The van der Waals surface area contributed by atoms with Gasteiger partial charge in [0.05, 0.1) is 17.1 Å². The van der Waals surface area contributed by atoms with E-state index in [9.17, 15) is 0 Å². The molecule has 38 valence electrons. The zero-order valence-corrected chi connectivity index (χ0v) is 6.36. The molecule has 0 bridgehead atoms. The fourth-order valence-electron chi connectivity index (χ4n) is 0.408. The Kier molecular flexibility index (Phi) is 2.30. The molecule has 1 atom stereocenters. The molecule has 0 saturated heterocycles. The molecule has 0 aromatic heterocycles. The van der Waals surface area contributed by atoms with E-state index in [1.165, 1.54) is 0 Å². The third kappa shape index (κ3) is 1.89. The largest absolute Gasteiger partial charge is 0.249 e. The zero-order chi connectivity index (χ0) is 5.11. The van der Waals surface area contributed by atoms with Gasteiger partial charge in [-0.05, 0) is 6.08 Å². The molecule has 0 N–H and O–H groups in total. The summed E-state index contributed by atoms with van der Waals surface area (Å²) in [6.45, 7) is 0. The van der Waals surface area contributed by atoms with Gasteiger partial charge in [0.25, 0.3) is 0 Å². The molecule has 0 aromatic rings. The smallest absolute Gasteiger partial charge is 0.0705 e. The Hall–Kier alpha value is 0.610. The molecule has 1 aliphatic rings. The zero-order valence-electron chi connectivity index (χ0n) is 3.83. The highest BCUT2D eigenvalue weighted by molar-refractivity contribution is 8.64. The van der Waals surface area contributed by atoms with Gasteiger partial charge in [0.2, 0.25) is 5.90 Å². The lowest BCUT2D eigenvalue weighted by Gasteiger charge is -1.87. The highest BCUT2D eigenvalue weighted by atomic mass is 32.9. The van der Waals surface area contributed by atoms with Gasteiger partial charge in [-0.3, -0.25) is 0 Å². The Balaban J connectivity index is 2.47. The summed E-state index contributed by atoms with van der Waals surface area (Å²) in [6, 6.07) is 0. The molecule has 0 fully saturated rings. The topological polar surface area (TPSA) is 0 Å². The van der Waals surface area contributed by atoms with Crippen molar-refractivity contribution < 1.29 is 0 Å². The van der Waals surface area contributed by atoms with Crippen LogP contribution in [0, 0.1) is 0 Å². The summed E-state index contributed by atoms with van der Waals surface area (Å²) in [5, 5.41) is 0. The fourth-order valence-corrected chi connectivity index (χ4v) is 3.36. The monoisotopic (exact) mass is 149 g/mol. The first-order valence-electron chi connectivity index (χ1n) is 2.12. The van der Waals surface area contributed by atoms with Crippen LogP contribution >= 0.6 is 17.3 Å². The van der Waals surface area contributed by atoms with Gasteiger partial charge >= 0.3 is 0 Å². The van der Waals surface area contributed by atoms with Crippen molar-refractivity contribution >= 4 is 29.1 Å². The van der Waals surface area contributed by atoms with Gasteiger partial charge < -0.3 is 0 Å². The molecule has 1 aliphatic heterocycles. The SMILES string of the molecule is S=[P+]1CC=CCS1. The van der Waals surface area contributed by atoms with Crippen molar-refractivity contribution in [2.24, 2.45) is 0 Å². The lowest BCUT2D eigenvalue weighted by Crippen LogP contribution is -1.76. The molecule has 0 amide bonds. The highest BCUT2D eigenvalue weighted by Gasteiger charge is 2.10. The quantitative estimate of drug-likeness (QED) is 0.382. The summed E-state index contributed by atoms with van der Waals surface area (Å²) in [4.78, 5) is 0. The van der Waals surface area contributed by atoms with Crippen LogP contribution in [0.15, 0.2) is 12.2 Å². The van der Waals surface area contributed by atoms with Gasteiger partial charge in [0.15, 0.2) is 11.8 Å². The minimum Gasteiger partial charge on any atom is -0.0705 e. The van der Waals surface area contributed by atoms with Crippen molar-refractivity contribution in [1.29, 1.82) is 0 Å². The molecule has 0 aromatic carbocycles. The molecular formula is C4H6PS2+. The third-order valence-corrected chi connectivity index (χ3v) is 5.03. The second kappa shape index (κ2) is 2.81. The van der Waals surface area contributed by atoms with Crippen LogP contribution in [0.2, 0.25) is 0 Å². The van der Waals surface area contributed by atoms with E-state index in [-0.39, 0.29) is 5.90 Å². The Morgan fingerprint density at radius 3 is 2.71 bits per heavy atom. The second-order valence-electron chi connectivity index (χ2n) is 1.28. The molecule has 0 spiro atoms. The third-order valence-electron chi connectivity index (χ3n) is 0.736. The van der Waals surface area contributed by atoms with E-state index in [4.69, 9.17) is 11.8 Å². The van der Waals surface area contributed by atoms with Gasteiger partial charge in [-0.15, -0.1) is 0 Å². The van der Waals surface area contributed by atoms with Crippen molar-refractivity contribution in [3.05, 3.63) is 12.2 Å². The first-order chi connectivity index (χ1) is 3.39. The van der Waals surface area contributed by atoms with Gasteiger partial charge in [-0.25, -0.2) is 0 Å². The van der Waals surface area contributed by atoms with E-state index >= 15 is 0 Å². The summed E-state index contributed by atoms with van der Waals surface area (Å²) < 4.78 is 0. The number of hydrogen-bond acceptors (Lipinski definition) is 2. The first kappa shape index (κ1) is 5.74. The van der Waals surface area contributed by atoms with E-state index in [1.54, 1.807) is 0 Å². The van der Waals surface area contributed by atoms with Crippen LogP contribution in [0.25, 0.3) is 0 Å². The molecule has 1 rings (SSSR count). The minimum absolute atomic E-state index is 0.0784. The normalized spacial score (nSPS) is 25.4. The van der Waals surface area contributed by atoms with E-state index in [0.29, 0.717) is 0 Å². The Morgan fingerprint density at radius 1 is 1.57 bits per heavy atom. The van der Waals surface area contributed by atoms with E-state index in [0.717, 1.165) is 11.9 Å². The summed E-state index contributed by atoms with van der Waals surface area (Å²) >= 11 is 6.98. The van der Waals surface area contributed by atoms with Crippen LogP contribution in [0.1, 0.15) is 0 Å². The summed E-state index contributed by atoms with van der Waals surface area (Å²) in [7, 11) is 0. The lowest BCUT2D eigenvalue weighted by molar-refractivity contribution is 1.66. The van der Waals surface area contributed by atoms with E-state index < -0.39 is 0 Å². The molecular weight excluding hydrogens is 143 g/mol. The molecule has 1 heterocycles. The van der Waals surface area contributed by atoms with Crippen molar-refractivity contribution in [1.82, 2.24) is 0 Å². The molecule has 0 radical (unpaired) electrons. The van der Waals surface area contributed by atoms with Crippen LogP contribution in [0.5, 0.6) is 0 Å². The summed E-state index contributed by atoms with van der Waals surface area (Å²) in [6.07, 6.45) is 5.53. The molecule has 0 saturated carbocycles. The van der Waals surface area contributed by atoms with E-state index in [2.05, 4.69) is 12.2 Å². The van der Waals surface area contributed by atoms with Crippen molar-refractivity contribution in [2.75, 3.05) is 11.9 Å². The van der Waals surface area contributed by atoms with Crippen LogP contribution in [-0.2, 0) is 11.8 Å². The van der Waals surface area contributed by atoms with Crippen LogP contribution < -0.4 is 0 Å². The van der Waals surface area contributed by atoms with Gasteiger partial charge in [-0.2, -0.15) is 0 Å². The van der Waals surface area contributed by atoms with Gasteiger partial charge in [0, 0.05) is 0 Å². The van der Waals surface area contributed by atoms with Crippen LogP contribution in [0.3, 0.4) is 0 Å². The Labute approximate surface area is 53.5 Å². The molecule has 3 heteroatoms. The average Bonchev–Trinajstić information content (AvgIpc) is 1.69. The predicted octanol–water partition coefficient (Wildman–Crippen LogP) is 2.15. The summed E-state index contributed by atoms with van der Waals surface area (Å²) in [5.74, 6) is 1.07. The maximum Gasteiger partial charge on any atom is 0.249 e. The lowest BCUT2D eigenvalue weighted by atomic mass is 10.6. The second-order valence-corrected chi connectivity index (χ2v) is 7.02. The van der Waals surface area contributed by atoms with Gasteiger partial charge in [0.1, 0.15) is 6.16 Å².